The second-order valence-corrected chi connectivity index (χ2v) is 17.7. The van der Waals surface area contributed by atoms with Crippen LogP contribution in [0, 0.1) is 23.7 Å². The zero-order valence-corrected chi connectivity index (χ0v) is 33.1. The second kappa shape index (κ2) is 26.8. The summed E-state index contributed by atoms with van der Waals surface area (Å²) < 4.78 is 0. The first-order valence-corrected chi connectivity index (χ1v) is 22.8. The van der Waals surface area contributed by atoms with Crippen LogP contribution in [-0.4, -0.2) is 131 Å². The van der Waals surface area contributed by atoms with Gasteiger partial charge in [0, 0.05) is 21.0 Å². The average molecular weight is 729 g/mol. The topological polar surface area (TPSA) is 157 Å². The largest absolute Gasteiger partial charge is 0.392 e. The zero-order chi connectivity index (χ0) is 34.5. The number of hydrogen-bond donors (Lipinski definition) is 8. The summed E-state index contributed by atoms with van der Waals surface area (Å²) in [7, 11) is 3.93. The van der Waals surface area contributed by atoms with Gasteiger partial charge in [0.15, 0.2) is 0 Å². The van der Waals surface area contributed by atoms with E-state index in [0.29, 0.717) is 57.8 Å². The van der Waals surface area contributed by atoms with Gasteiger partial charge >= 0.3 is 0 Å². The first-order chi connectivity index (χ1) is 22.2. The average Bonchev–Trinajstić information content (AvgIpc) is 3.82. The molecule has 4 aliphatic carbocycles. The van der Waals surface area contributed by atoms with Crippen LogP contribution < -0.4 is 22.1 Å². The molecule has 0 aromatic heterocycles. The van der Waals surface area contributed by atoms with Gasteiger partial charge in [0.2, 0.25) is 0 Å². The molecular formula is C34H72N4O4S4. The molecule has 4 aliphatic rings. The maximum atomic E-state index is 9.83. The lowest BCUT2D eigenvalue weighted by atomic mass is 10.0. The summed E-state index contributed by atoms with van der Waals surface area (Å²) in [6.45, 7) is 3.48. The number of hydrogen-bond acceptors (Lipinski definition) is 12. The molecule has 0 unspecified atom stereocenters. The SMILES string of the molecule is CNCC[C@@H]1CC[C@@H](SC)[C@@H]1O.CNCC[C@H]1CC[C@H](SC)[C@H]1O.CS[C@@H]1CC[C@@H](CCN)[C@H]1O.CS[C@H]1CC[C@H](CCN)[C@@H]1O. The fourth-order valence-electron chi connectivity index (χ4n) is 7.47. The van der Waals surface area contributed by atoms with Gasteiger partial charge in [-0.1, -0.05) is 0 Å². The van der Waals surface area contributed by atoms with Crippen molar-refractivity contribution in [2.75, 3.05) is 65.3 Å². The van der Waals surface area contributed by atoms with Crippen molar-refractivity contribution in [3.63, 3.8) is 0 Å². The highest BCUT2D eigenvalue weighted by Gasteiger charge is 2.35. The van der Waals surface area contributed by atoms with Gasteiger partial charge in [-0.05, 0) is 166 Å². The standard InChI is InChI=1S/2C9H19NOS.2C8H17NOS/c2*1-10-6-5-7-3-4-8(12-2)9(7)11;2*1-11-7-3-2-6(4-5-9)8(7)10/h2*7-11H,3-6H2,1-2H3;2*6-8,10H,2-5,9H2,1H3/t2*7-,8+,9+;2*6-,7+,8+/m1010/s1. The summed E-state index contributed by atoms with van der Waals surface area (Å²) in [5.41, 5.74) is 10.9. The fraction of sp³-hybridized carbons (Fsp3) is 1.00. The van der Waals surface area contributed by atoms with Crippen LogP contribution in [0.3, 0.4) is 0 Å². The smallest absolute Gasteiger partial charge is 0.0687 e. The van der Waals surface area contributed by atoms with Crippen molar-refractivity contribution in [1.82, 2.24) is 10.6 Å². The summed E-state index contributed by atoms with van der Waals surface area (Å²) in [5.74, 6) is 2.01. The van der Waals surface area contributed by atoms with Crippen LogP contribution in [0.5, 0.6) is 0 Å². The number of nitrogens with two attached hydrogens (primary N) is 2. The number of aliphatic hydroxyl groups is 4. The van der Waals surface area contributed by atoms with Crippen molar-refractivity contribution in [3.8, 4) is 0 Å². The first-order valence-electron chi connectivity index (χ1n) is 17.7. The molecule has 0 saturated heterocycles. The highest BCUT2D eigenvalue weighted by Crippen LogP contribution is 2.37. The highest BCUT2D eigenvalue weighted by molar-refractivity contribution is 7.99. The Balaban J connectivity index is 0.000000307. The molecule has 0 radical (unpaired) electrons. The van der Waals surface area contributed by atoms with E-state index in [-0.39, 0.29) is 24.4 Å². The minimum absolute atomic E-state index is 0.0617. The molecule has 8 nitrogen and oxygen atoms in total. The maximum Gasteiger partial charge on any atom is 0.0687 e. The molecule has 0 spiro atoms. The molecule has 0 heterocycles. The fourth-order valence-corrected chi connectivity index (χ4v) is 11.0. The first kappa shape index (κ1) is 45.1. The van der Waals surface area contributed by atoms with E-state index in [0.717, 1.165) is 64.5 Å². The zero-order valence-electron chi connectivity index (χ0n) is 29.8. The third kappa shape index (κ3) is 15.5. The van der Waals surface area contributed by atoms with Crippen molar-refractivity contribution in [1.29, 1.82) is 0 Å². The molecule has 0 aliphatic heterocycles. The third-order valence-electron chi connectivity index (χ3n) is 10.6. The Morgan fingerprint density at radius 2 is 0.696 bits per heavy atom. The van der Waals surface area contributed by atoms with Crippen LogP contribution in [0.2, 0.25) is 0 Å². The Bertz CT molecular complexity index is 679. The predicted molar refractivity (Wildman–Crippen MR) is 209 cm³/mol. The molecule has 10 N–H and O–H groups in total. The van der Waals surface area contributed by atoms with Gasteiger partial charge in [-0.2, -0.15) is 47.0 Å². The molecule has 276 valence electrons. The number of thioether (sulfide) groups is 4. The molecule has 46 heavy (non-hydrogen) atoms. The van der Waals surface area contributed by atoms with Crippen LogP contribution >= 0.6 is 47.0 Å². The van der Waals surface area contributed by atoms with Gasteiger partial charge in [0.1, 0.15) is 0 Å². The van der Waals surface area contributed by atoms with E-state index in [1.807, 2.05) is 37.6 Å². The van der Waals surface area contributed by atoms with E-state index in [9.17, 15) is 20.4 Å². The summed E-state index contributed by atoms with van der Waals surface area (Å²) in [6.07, 6.45) is 21.6. The molecule has 0 aromatic rings. The summed E-state index contributed by atoms with van der Waals surface area (Å²) >= 11 is 7.17. The van der Waals surface area contributed by atoms with Crippen molar-refractivity contribution in [3.05, 3.63) is 0 Å². The van der Waals surface area contributed by atoms with Crippen LogP contribution in [0.4, 0.5) is 0 Å². The monoisotopic (exact) mass is 728 g/mol. The van der Waals surface area contributed by atoms with Crippen LogP contribution in [0.15, 0.2) is 0 Å². The quantitative estimate of drug-likeness (QED) is 0.131. The Morgan fingerprint density at radius 3 is 0.870 bits per heavy atom. The Hall–Kier alpha value is 1.08. The van der Waals surface area contributed by atoms with Gasteiger partial charge in [-0.25, -0.2) is 0 Å². The van der Waals surface area contributed by atoms with E-state index in [1.54, 1.807) is 23.5 Å². The molecule has 4 saturated carbocycles. The Labute approximate surface area is 299 Å². The van der Waals surface area contributed by atoms with E-state index in [2.05, 4.69) is 35.7 Å². The van der Waals surface area contributed by atoms with Gasteiger partial charge < -0.3 is 42.5 Å². The number of nitrogens with one attached hydrogen (secondary N) is 2. The lowest BCUT2D eigenvalue weighted by molar-refractivity contribution is 0.132. The van der Waals surface area contributed by atoms with Crippen molar-refractivity contribution < 1.29 is 20.4 Å². The van der Waals surface area contributed by atoms with E-state index >= 15 is 0 Å². The van der Waals surface area contributed by atoms with Crippen molar-refractivity contribution in [2.24, 2.45) is 35.1 Å². The van der Waals surface area contributed by atoms with Crippen molar-refractivity contribution >= 4 is 47.0 Å². The normalized spacial score (nSPS) is 36.8. The Kier molecular flexibility index (Phi) is 26.3. The van der Waals surface area contributed by atoms with Gasteiger partial charge in [0.25, 0.3) is 0 Å². The lowest BCUT2D eigenvalue weighted by Gasteiger charge is -2.17. The third-order valence-corrected chi connectivity index (χ3v) is 15.0. The molecule has 4 rings (SSSR count). The summed E-state index contributed by atoms with van der Waals surface area (Å²) in [6, 6.07) is 0. The van der Waals surface area contributed by atoms with Crippen molar-refractivity contribution in [2.45, 2.75) is 122 Å². The van der Waals surface area contributed by atoms with Crippen LogP contribution in [-0.2, 0) is 0 Å². The highest BCUT2D eigenvalue weighted by atomic mass is 32.2. The molecule has 12 heteroatoms. The molecule has 0 amide bonds. The van der Waals surface area contributed by atoms with Gasteiger partial charge in [-0.3, -0.25) is 0 Å². The van der Waals surface area contributed by atoms with Crippen LogP contribution in [0.25, 0.3) is 0 Å². The maximum absolute atomic E-state index is 9.83. The van der Waals surface area contributed by atoms with Gasteiger partial charge in [-0.15, -0.1) is 0 Å². The molecule has 0 bridgehead atoms. The lowest BCUT2D eigenvalue weighted by Crippen LogP contribution is -2.25. The molecule has 4 fully saturated rings. The van der Waals surface area contributed by atoms with Gasteiger partial charge in [0.05, 0.1) is 24.4 Å². The molecule has 0 aromatic carbocycles. The molecular weight excluding hydrogens is 657 g/mol. The minimum Gasteiger partial charge on any atom is -0.392 e. The van der Waals surface area contributed by atoms with Crippen LogP contribution in [0.1, 0.15) is 77.0 Å². The second-order valence-electron chi connectivity index (χ2n) is 13.3. The summed E-state index contributed by atoms with van der Waals surface area (Å²) in [4.78, 5) is 0. The number of aliphatic hydroxyl groups excluding tert-OH is 4. The van der Waals surface area contributed by atoms with E-state index in [4.69, 9.17) is 11.5 Å². The minimum atomic E-state index is -0.103. The number of rotatable bonds is 14. The Morgan fingerprint density at radius 1 is 0.457 bits per heavy atom. The van der Waals surface area contributed by atoms with E-state index in [1.165, 1.54) is 25.7 Å². The molecule has 12 atom stereocenters. The summed E-state index contributed by atoms with van der Waals surface area (Å²) in [5, 5.41) is 47.2. The van der Waals surface area contributed by atoms with E-state index < -0.39 is 0 Å². The predicted octanol–water partition coefficient (Wildman–Crippen LogP) is 3.87.